The van der Waals surface area contributed by atoms with E-state index in [1.165, 1.54) is 0 Å². The molecule has 5 heteroatoms. The second-order valence-corrected chi connectivity index (χ2v) is 1.84. The first-order valence-electron chi connectivity index (χ1n) is 2.56. The van der Waals surface area contributed by atoms with Gasteiger partial charge in [0.25, 0.3) is 0 Å². The van der Waals surface area contributed by atoms with E-state index >= 15 is 0 Å². The van der Waals surface area contributed by atoms with E-state index in [-0.39, 0.29) is 6.42 Å². The van der Waals surface area contributed by atoms with E-state index in [1.54, 1.807) is 0 Å². The Kier molecular flexibility index (Phi) is 1.99. The minimum atomic E-state index is -1.34. The quantitative estimate of drug-likeness (QED) is 0.347. The van der Waals surface area contributed by atoms with E-state index in [9.17, 15) is 0 Å². The molecule has 1 heterocycles. The Hall–Kier alpha value is -0.200. The van der Waals surface area contributed by atoms with Gasteiger partial charge in [0.1, 0.15) is 6.10 Å². The molecule has 0 unspecified atom stereocenters. The van der Waals surface area contributed by atoms with Crippen LogP contribution in [0.2, 0.25) is 0 Å². The van der Waals surface area contributed by atoms with Crippen LogP contribution in [0.1, 0.15) is 6.42 Å². The summed E-state index contributed by atoms with van der Waals surface area (Å²) in [6.45, 7) is 0. The van der Waals surface area contributed by atoms with Crippen LogP contribution < -0.4 is 0 Å². The van der Waals surface area contributed by atoms with E-state index in [0.29, 0.717) is 0 Å². The third kappa shape index (κ3) is 1.60. The Bertz CT molecular complexity index is 95.0. The molecule has 0 saturated carbocycles. The summed E-state index contributed by atoms with van der Waals surface area (Å²) in [5.41, 5.74) is 0. The first-order chi connectivity index (χ1) is 4.20. The van der Waals surface area contributed by atoms with Crippen molar-refractivity contribution in [2.45, 2.75) is 25.1 Å². The van der Waals surface area contributed by atoms with Crippen LogP contribution in [-0.4, -0.2) is 34.0 Å². The van der Waals surface area contributed by atoms with Gasteiger partial charge in [-0.3, -0.25) is 0 Å². The number of hydrogen-bond donors (Lipinski definition) is 3. The molecule has 54 valence electrons. The molecule has 3 atom stereocenters. The molecule has 1 fully saturated rings. The van der Waals surface area contributed by atoms with Gasteiger partial charge in [-0.2, -0.15) is 4.89 Å². The molecule has 1 saturated heterocycles. The molecule has 1 aliphatic rings. The zero-order valence-corrected chi connectivity index (χ0v) is 4.60. The largest absolute Gasteiger partial charge is 0.388 e. The highest BCUT2D eigenvalue weighted by atomic mass is 17.2. The van der Waals surface area contributed by atoms with Gasteiger partial charge in [0.15, 0.2) is 6.29 Å². The van der Waals surface area contributed by atoms with Crippen LogP contribution in [-0.2, 0) is 9.78 Å². The van der Waals surface area contributed by atoms with E-state index in [4.69, 9.17) is 15.3 Å². The second kappa shape index (κ2) is 2.59. The minimum absolute atomic E-state index is 0.0266. The van der Waals surface area contributed by atoms with Crippen LogP contribution >= 0.6 is 0 Å². The molecule has 0 spiro atoms. The third-order valence-corrected chi connectivity index (χ3v) is 1.04. The topological polar surface area (TPSA) is 79.2 Å². The summed E-state index contributed by atoms with van der Waals surface area (Å²) in [6, 6.07) is 0. The lowest BCUT2D eigenvalue weighted by Gasteiger charge is -2.25. The SMILES string of the molecule is O[C@@H]1C[C@H](O)OO[C@H]1O. The number of aliphatic hydroxyl groups excluding tert-OH is 3. The number of aliphatic hydroxyl groups is 3. The summed E-state index contributed by atoms with van der Waals surface area (Å²) < 4.78 is 0. The average molecular weight is 136 g/mol. The standard InChI is InChI=1S/C4H8O5/c5-2-1-3(6)8-9-4(2)7/h2-7H,1H2/t2-,3-,4-/m1/s1. The first-order valence-corrected chi connectivity index (χ1v) is 2.56. The summed E-state index contributed by atoms with van der Waals surface area (Å²) in [7, 11) is 0. The molecule has 0 radical (unpaired) electrons. The zero-order chi connectivity index (χ0) is 6.85. The van der Waals surface area contributed by atoms with E-state index < -0.39 is 18.7 Å². The van der Waals surface area contributed by atoms with Gasteiger partial charge < -0.3 is 15.3 Å². The van der Waals surface area contributed by atoms with Crippen molar-refractivity contribution in [2.75, 3.05) is 0 Å². The van der Waals surface area contributed by atoms with Crippen LogP contribution in [0.4, 0.5) is 0 Å². The molecule has 5 nitrogen and oxygen atoms in total. The summed E-state index contributed by atoms with van der Waals surface area (Å²) >= 11 is 0. The number of hydrogen-bond acceptors (Lipinski definition) is 5. The summed E-state index contributed by atoms with van der Waals surface area (Å²) in [5, 5.41) is 25.9. The fraction of sp³-hybridized carbons (Fsp3) is 1.00. The molecular formula is C4H8O5. The van der Waals surface area contributed by atoms with Gasteiger partial charge in [0.2, 0.25) is 6.29 Å². The Morgan fingerprint density at radius 1 is 1.11 bits per heavy atom. The first kappa shape index (κ1) is 6.91. The Morgan fingerprint density at radius 3 is 2.22 bits per heavy atom. The van der Waals surface area contributed by atoms with Crippen LogP contribution in [0.5, 0.6) is 0 Å². The molecule has 0 aromatic rings. The zero-order valence-electron chi connectivity index (χ0n) is 4.60. The van der Waals surface area contributed by atoms with Gasteiger partial charge >= 0.3 is 0 Å². The third-order valence-electron chi connectivity index (χ3n) is 1.04. The molecule has 0 aliphatic carbocycles. The van der Waals surface area contributed by atoms with Crippen molar-refractivity contribution in [2.24, 2.45) is 0 Å². The van der Waals surface area contributed by atoms with Crippen molar-refractivity contribution < 1.29 is 25.1 Å². The van der Waals surface area contributed by atoms with Crippen molar-refractivity contribution in [3.05, 3.63) is 0 Å². The van der Waals surface area contributed by atoms with Gasteiger partial charge in [-0.1, -0.05) is 0 Å². The number of rotatable bonds is 0. The lowest BCUT2D eigenvalue weighted by Crippen LogP contribution is -2.39. The van der Waals surface area contributed by atoms with E-state index in [0.717, 1.165) is 0 Å². The molecular weight excluding hydrogens is 128 g/mol. The maximum absolute atomic E-state index is 8.73. The second-order valence-electron chi connectivity index (χ2n) is 1.84. The molecule has 9 heavy (non-hydrogen) atoms. The minimum Gasteiger partial charge on any atom is -0.388 e. The van der Waals surface area contributed by atoms with Crippen LogP contribution in [0.15, 0.2) is 0 Å². The molecule has 0 amide bonds. The van der Waals surface area contributed by atoms with Crippen molar-refractivity contribution in [1.82, 2.24) is 0 Å². The maximum atomic E-state index is 8.73. The highest BCUT2D eigenvalue weighted by Crippen LogP contribution is 2.12. The molecule has 0 bridgehead atoms. The van der Waals surface area contributed by atoms with Gasteiger partial charge in [0.05, 0.1) is 0 Å². The Balaban J connectivity index is 2.35. The van der Waals surface area contributed by atoms with Gasteiger partial charge in [-0.05, 0) is 0 Å². The maximum Gasteiger partial charge on any atom is 0.215 e. The predicted molar refractivity (Wildman–Crippen MR) is 24.8 cm³/mol. The molecule has 1 aliphatic heterocycles. The van der Waals surface area contributed by atoms with E-state index in [1.807, 2.05) is 0 Å². The average Bonchev–Trinajstić information content (AvgIpc) is 1.80. The van der Waals surface area contributed by atoms with Crippen molar-refractivity contribution >= 4 is 0 Å². The van der Waals surface area contributed by atoms with Gasteiger partial charge in [0, 0.05) is 6.42 Å². The summed E-state index contributed by atoms with van der Waals surface area (Å²) in [5.74, 6) is 0. The van der Waals surface area contributed by atoms with Gasteiger partial charge in [-0.25, -0.2) is 4.89 Å². The Morgan fingerprint density at radius 2 is 1.78 bits per heavy atom. The van der Waals surface area contributed by atoms with Crippen LogP contribution in [0.3, 0.4) is 0 Å². The van der Waals surface area contributed by atoms with Crippen LogP contribution in [0.25, 0.3) is 0 Å². The molecule has 3 N–H and O–H groups in total. The van der Waals surface area contributed by atoms with Crippen molar-refractivity contribution in [3.8, 4) is 0 Å². The monoisotopic (exact) mass is 136 g/mol. The molecule has 0 aromatic heterocycles. The lowest BCUT2D eigenvalue weighted by atomic mass is 10.2. The Labute approximate surface area is 51.4 Å². The van der Waals surface area contributed by atoms with E-state index in [2.05, 4.69) is 9.78 Å². The highest BCUT2D eigenvalue weighted by Gasteiger charge is 2.28. The van der Waals surface area contributed by atoms with Crippen molar-refractivity contribution in [3.63, 3.8) is 0 Å². The predicted octanol–water partition coefficient (Wildman–Crippen LogP) is -1.66. The summed E-state index contributed by atoms with van der Waals surface area (Å²) in [6.07, 6.45) is -3.56. The molecule has 1 rings (SSSR count). The fourth-order valence-corrected chi connectivity index (χ4v) is 0.547. The normalized spacial score (nSPS) is 45.0. The van der Waals surface area contributed by atoms with Crippen LogP contribution in [0, 0.1) is 0 Å². The molecule has 0 aromatic carbocycles. The summed E-state index contributed by atoms with van der Waals surface area (Å²) in [4.78, 5) is 8.16. The highest BCUT2D eigenvalue weighted by molar-refractivity contribution is 4.61. The smallest absolute Gasteiger partial charge is 0.215 e. The fourth-order valence-electron chi connectivity index (χ4n) is 0.547. The van der Waals surface area contributed by atoms with Crippen molar-refractivity contribution in [1.29, 1.82) is 0 Å². The van der Waals surface area contributed by atoms with Gasteiger partial charge in [-0.15, -0.1) is 0 Å². The lowest BCUT2D eigenvalue weighted by molar-refractivity contribution is -0.463.